The molecule has 1 fully saturated rings. The van der Waals surface area contributed by atoms with Crippen molar-refractivity contribution >= 4 is 18.7 Å². The molecule has 0 radical (unpaired) electrons. The first-order chi connectivity index (χ1) is 10.5. The van der Waals surface area contributed by atoms with Crippen LogP contribution in [0.3, 0.4) is 0 Å². The van der Waals surface area contributed by atoms with E-state index in [1.165, 1.54) is 12.8 Å². The van der Waals surface area contributed by atoms with Gasteiger partial charge in [0.1, 0.15) is 0 Å². The number of nitrogens with one attached hydrogen (secondary N) is 2. The second-order valence-electron chi connectivity index (χ2n) is 6.15. The molecule has 2 N–H and O–H groups in total. The van der Waals surface area contributed by atoms with Crippen LogP contribution in [0.15, 0.2) is 12.1 Å². The molecule has 1 aromatic carbocycles. The van der Waals surface area contributed by atoms with Crippen molar-refractivity contribution in [2.45, 2.75) is 19.8 Å². The summed E-state index contributed by atoms with van der Waals surface area (Å²) < 4.78 is 0. The molecule has 0 saturated carbocycles. The molecule has 1 aromatic rings. The van der Waals surface area contributed by atoms with E-state index in [4.69, 9.17) is 0 Å². The Morgan fingerprint density at radius 2 is 2.14 bits per heavy atom. The SMILES string of the molecule is C=c1ccc(C(=O)NC)c(C)/c1=C/N(C)CC1CCNCC1. The fourth-order valence-electron chi connectivity index (χ4n) is 3.09. The number of carbonyl (C=O) groups is 1. The Morgan fingerprint density at radius 1 is 1.45 bits per heavy atom. The third-order valence-electron chi connectivity index (χ3n) is 4.43. The predicted molar refractivity (Wildman–Crippen MR) is 92.0 cm³/mol. The van der Waals surface area contributed by atoms with Crippen LogP contribution in [0.2, 0.25) is 0 Å². The van der Waals surface area contributed by atoms with Crippen molar-refractivity contribution < 1.29 is 4.79 Å². The van der Waals surface area contributed by atoms with E-state index in [2.05, 4.69) is 35.4 Å². The molecule has 0 spiro atoms. The first-order valence-corrected chi connectivity index (χ1v) is 7.96. The van der Waals surface area contributed by atoms with Crippen LogP contribution in [0, 0.1) is 12.8 Å². The molecule has 4 nitrogen and oxygen atoms in total. The van der Waals surface area contributed by atoms with Crippen LogP contribution in [0.5, 0.6) is 0 Å². The summed E-state index contributed by atoms with van der Waals surface area (Å²) in [6.07, 6.45) is 4.59. The zero-order chi connectivity index (χ0) is 16.1. The van der Waals surface area contributed by atoms with E-state index in [9.17, 15) is 4.79 Å². The number of piperidine rings is 1. The van der Waals surface area contributed by atoms with Crippen molar-refractivity contribution in [3.8, 4) is 0 Å². The molecule has 0 aliphatic carbocycles. The van der Waals surface area contributed by atoms with Gasteiger partial charge in [-0.05, 0) is 55.6 Å². The van der Waals surface area contributed by atoms with Crippen molar-refractivity contribution in [3.63, 3.8) is 0 Å². The highest BCUT2D eigenvalue weighted by Crippen LogP contribution is 2.12. The van der Waals surface area contributed by atoms with Gasteiger partial charge in [0.05, 0.1) is 0 Å². The average molecular weight is 301 g/mol. The standard InChI is InChI=1S/C18H27N3O/c1-13-5-6-16(18(22)19-3)14(2)17(13)12-21(4)11-15-7-9-20-10-8-15/h5-6,12,15,20H,1,7-11H2,2-4H3,(H,19,22)/b17-12+. The van der Waals surface area contributed by atoms with Gasteiger partial charge in [-0.1, -0.05) is 12.6 Å². The summed E-state index contributed by atoms with van der Waals surface area (Å²) >= 11 is 0. The van der Waals surface area contributed by atoms with Crippen molar-refractivity contribution in [3.05, 3.63) is 33.7 Å². The Bertz CT molecular complexity index is 632. The maximum atomic E-state index is 11.9. The summed E-state index contributed by atoms with van der Waals surface area (Å²) in [6.45, 7) is 9.37. The Morgan fingerprint density at radius 3 is 2.77 bits per heavy atom. The Hall–Kier alpha value is -1.81. The van der Waals surface area contributed by atoms with Crippen LogP contribution in [0.4, 0.5) is 0 Å². The van der Waals surface area contributed by atoms with Gasteiger partial charge in [-0.3, -0.25) is 4.79 Å². The summed E-state index contributed by atoms with van der Waals surface area (Å²) in [4.78, 5) is 14.2. The zero-order valence-corrected chi connectivity index (χ0v) is 13.9. The molecule has 0 atom stereocenters. The fourth-order valence-corrected chi connectivity index (χ4v) is 3.09. The van der Waals surface area contributed by atoms with E-state index in [0.717, 1.165) is 47.1 Å². The number of hydrogen-bond donors (Lipinski definition) is 2. The van der Waals surface area contributed by atoms with Crippen molar-refractivity contribution in [2.75, 3.05) is 33.7 Å². The maximum Gasteiger partial charge on any atom is 0.251 e. The molecule has 0 aromatic heterocycles. The van der Waals surface area contributed by atoms with E-state index >= 15 is 0 Å². The molecule has 2 rings (SSSR count). The van der Waals surface area contributed by atoms with Crippen LogP contribution < -0.4 is 21.1 Å². The largest absolute Gasteiger partial charge is 0.380 e. The highest BCUT2D eigenvalue weighted by atomic mass is 16.1. The minimum Gasteiger partial charge on any atom is -0.380 e. The van der Waals surface area contributed by atoms with Gasteiger partial charge in [-0.2, -0.15) is 0 Å². The van der Waals surface area contributed by atoms with Crippen LogP contribution in [-0.4, -0.2) is 44.5 Å². The number of benzene rings is 1. The maximum absolute atomic E-state index is 11.9. The Balaban J connectivity index is 2.25. The van der Waals surface area contributed by atoms with Gasteiger partial charge in [0.25, 0.3) is 5.91 Å². The van der Waals surface area contributed by atoms with Gasteiger partial charge in [0, 0.05) is 37.6 Å². The Kier molecular flexibility index (Phi) is 5.61. The topological polar surface area (TPSA) is 44.4 Å². The molecule has 1 aliphatic rings. The van der Waals surface area contributed by atoms with Gasteiger partial charge >= 0.3 is 0 Å². The zero-order valence-electron chi connectivity index (χ0n) is 13.9. The average Bonchev–Trinajstić information content (AvgIpc) is 2.51. The van der Waals surface area contributed by atoms with Gasteiger partial charge in [0.15, 0.2) is 0 Å². The van der Waals surface area contributed by atoms with Crippen LogP contribution in [-0.2, 0) is 0 Å². The molecular weight excluding hydrogens is 274 g/mol. The lowest BCUT2D eigenvalue weighted by Gasteiger charge is -2.26. The number of rotatable bonds is 4. The molecule has 1 saturated heterocycles. The minimum atomic E-state index is -0.0480. The number of nitrogens with zero attached hydrogens (tertiary/aromatic N) is 1. The second-order valence-corrected chi connectivity index (χ2v) is 6.15. The molecule has 0 bridgehead atoms. The van der Waals surface area contributed by atoms with E-state index in [-0.39, 0.29) is 5.91 Å². The third-order valence-corrected chi connectivity index (χ3v) is 4.43. The highest BCUT2D eigenvalue weighted by Gasteiger charge is 2.14. The molecule has 0 unspecified atom stereocenters. The quantitative estimate of drug-likeness (QED) is 0.848. The number of amides is 1. The first kappa shape index (κ1) is 16.6. The summed E-state index contributed by atoms with van der Waals surface area (Å²) in [7, 11) is 3.76. The highest BCUT2D eigenvalue weighted by molar-refractivity contribution is 5.95. The second kappa shape index (κ2) is 7.45. The molecule has 1 heterocycles. The van der Waals surface area contributed by atoms with E-state index in [1.54, 1.807) is 7.05 Å². The molecule has 120 valence electrons. The third kappa shape index (κ3) is 3.89. The smallest absolute Gasteiger partial charge is 0.251 e. The van der Waals surface area contributed by atoms with E-state index in [1.807, 2.05) is 19.1 Å². The molecule has 22 heavy (non-hydrogen) atoms. The van der Waals surface area contributed by atoms with Gasteiger partial charge in [-0.15, -0.1) is 0 Å². The molecule has 4 heteroatoms. The van der Waals surface area contributed by atoms with Gasteiger partial charge in [0.2, 0.25) is 0 Å². The van der Waals surface area contributed by atoms with E-state index in [0.29, 0.717) is 0 Å². The summed E-state index contributed by atoms with van der Waals surface area (Å²) in [6, 6.07) is 3.77. The van der Waals surface area contributed by atoms with Crippen LogP contribution >= 0.6 is 0 Å². The lowest BCUT2D eigenvalue weighted by atomic mass is 9.98. The lowest BCUT2D eigenvalue weighted by molar-refractivity contribution is 0.0962. The van der Waals surface area contributed by atoms with Gasteiger partial charge < -0.3 is 15.5 Å². The van der Waals surface area contributed by atoms with Crippen molar-refractivity contribution in [1.82, 2.24) is 15.5 Å². The normalized spacial score (nSPS) is 16.6. The number of hydrogen-bond acceptors (Lipinski definition) is 3. The summed E-state index contributed by atoms with van der Waals surface area (Å²) in [5.41, 5.74) is 1.71. The summed E-state index contributed by atoms with van der Waals surface area (Å²) in [5, 5.41) is 8.11. The molecular formula is C18H27N3O. The predicted octanol–water partition coefficient (Wildman–Crippen LogP) is 0.434. The molecule has 1 aliphatic heterocycles. The molecule has 1 amide bonds. The number of carbonyl (C=O) groups excluding carboxylic acids is 1. The van der Waals surface area contributed by atoms with Crippen LogP contribution in [0.25, 0.3) is 12.8 Å². The first-order valence-electron chi connectivity index (χ1n) is 7.96. The fraction of sp³-hybridized carbons (Fsp3) is 0.500. The lowest BCUT2D eigenvalue weighted by Crippen LogP contribution is -2.36. The van der Waals surface area contributed by atoms with Crippen LogP contribution in [0.1, 0.15) is 28.8 Å². The van der Waals surface area contributed by atoms with Crippen molar-refractivity contribution in [1.29, 1.82) is 0 Å². The minimum absolute atomic E-state index is 0.0480. The monoisotopic (exact) mass is 301 g/mol. The van der Waals surface area contributed by atoms with Crippen molar-refractivity contribution in [2.24, 2.45) is 5.92 Å². The Labute approximate surface area is 132 Å². The van der Waals surface area contributed by atoms with Gasteiger partial charge in [-0.25, -0.2) is 0 Å². The van der Waals surface area contributed by atoms with E-state index < -0.39 is 0 Å². The summed E-state index contributed by atoms with van der Waals surface area (Å²) in [5.74, 6) is 0.686.